The molecule has 0 radical (unpaired) electrons. The molecule has 0 saturated carbocycles. The third kappa shape index (κ3) is 5.22. The van der Waals surface area contributed by atoms with Crippen molar-refractivity contribution in [3.05, 3.63) is 47.8 Å². The molecule has 0 spiro atoms. The van der Waals surface area contributed by atoms with Gasteiger partial charge in [0, 0.05) is 24.5 Å². The fraction of sp³-hybridized carbons (Fsp3) is 0.381. The Morgan fingerprint density at radius 1 is 1.14 bits per heavy atom. The molecular formula is C21H26N4O3. The molecule has 1 heterocycles. The fourth-order valence-corrected chi connectivity index (χ4v) is 3.15. The topological polar surface area (TPSA) is 85.4 Å². The summed E-state index contributed by atoms with van der Waals surface area (Å²) >= 11 is 0. The van der Waals surface area contributed by atoms with Crippen LogP contribution < -0.4 is 20.1 Å². The number of methoxy groups -OCH3 is 2. The second-order valence-corrected chi connectivity index (χ2v) is 6.57. The highest BCUT2D eigenvalue weighted by molar-refractivity contribution is 5.92. The molecule has 1 aromatic heterocycles. The van der Waals surface area contributed by atoms with Gasteiger partial charge in [0.05, 0.1) is 14.2 Å². The summed E-state index contributed by atoms with van der Waals surface area (Å²) in [5.41, 5.74) is 2.50. The van der Waals surface area contributed by atoms with Gasteiger partial charge in [0.15, 0.2) is 11.5 Å². The molecule has 2 aromatic rings. The number of nitrogens with one attached hydrogen (secondary N) is 2. The number of carbonyl (C=O) groups excluding carboxylic acids is 1. The molecule has 0 unspecified atom stereocenters. The van der Waals surface area contributed by atoms with E-state index in [4.69, 9.17) is 9.47 Å². The van der Waals surface area contributed by atoms with E-state index in [0.717, 1.165) is 24.9 Å². The van der Waals surface area contributed by atoms with Crippen LogP contribution in [0.2, 0.25) is 0 Å². The van der Waals surface area contributed by atoms with Crippen LogP contribution in [0.25, 0.3) is 0 Å². The lowest BCUT2D eigenvalue weighted by atomic mass is 9.97. The zero-order chi connectivity index (χ0) is 19.8. The summed E-state index contributed by atoms with van der Waals surface area (Å²) in [6, 6.07) is 7.01. The standard InChI is InChI=1S/C21H26N4O3/c1-27-18-9-8-16(14-19(18)28-2)24-21-23-13-11-17(25-21)20(26)22-12-10-15-6-4-3-5-7-15/h6,8-9,11,13-14H,3-5,7,10,12H2,1-2H3,(H,22,26)(H,23,24,25). The Labute approximate surface area is 165 Å². The first-order valence-electron chi connectivity index (χ1n) is 9.48. The maximum absolute atomic E-state index is 12.4. The number of hydrogen-bond donors (Lipinski definition) is 2. The molecule has 28 heavy (non-hydrogen) atoms. The van der Waals surface area contributed by atoms with Crippen LogP contribution >= 0.6 is 0 Å². The van der Waals surface area contributed by atoms with Crippen LogP contribution in [0.4, 0.5) is 11.6 Å². The molecule has 7 heteroatoms. The molecule has 1 aromatic carbocycles. The highest BCUT2D eigenvalue weighted by Crippen LogP contribution is 2.30. The van der Waals surface area contributed by atoms with Crippen molar-refractivity contribution in [1.82, 2.24) is 15.3 Å². The van der Waals surface area contributed by atoms with E-state index in [1.54, 1.807) is 38.6 Å². The molecule has 1 aliphatic rings. The van der Waals surface area contributed by atoms with Crippen LogP contribution in [0.1, 0.15) is 42.6 Å². The van der Waals surface area contributed by atoms with Gasteiger partial charge in [-0.2, -0.15) is 0 Å². The molecule has 0 saturated heterocycles. The first kappa shape index (κ1) is 19.7. The molecule has 0 aliphatic heterocycles. The minimum Gasteiger partial charge on any atom is -0.493 e. The van der Waals surface area contributed by atoms with Gasteiger partial charge in [-0.3, -0.25) is 4.79 Å². The van der Waals surface area contributed by atoms with Gasteiger partial charge in [-0.25, -0.2) is 9.97 Å². The first-order valence-corrected chi connectivity index (χ1v) is 9.48. The average Bonchev–Trinajstić information content (AvgIpc) is 2.74. The Morgan fingerprint density at radius 3 is 2.75 bits per heavy atom. The number of nitrogens with zero attached hydrogens (tertiary/aromatic N) is 2. The van der Waals surface area contributed by atoms with Gasteiger partial charge >= 0.3 is 0 Å². The lowest BCUT2D eigenvalue weighted by Crippen LogP contribution is -2.26. The molecule has 1 amide bonds. The van der Waals surface area contributed by atoms with Crippen LogP contribution in [0.5, 0.6) is 11.5 Å². The zero-order valence-corrected chi connectivity index (χ0v) is 16.3. The van der Waals surface area contributed by atoms with Gasteiger partial charge in [0.25, 0.3) is 5.91 Å². The number of rotatable bonds is 8. The molecule has 1 aliphatic carbocycles. The molecular weight excluding hydrogens is 356 g/mol. The molecule has 0 bridgehead atoms. The minimum absolute atomic E-state index is 0.200. The maximum atomic E-state index is 12.4. The van der Waals surface area contributed by atoms with Crippen LogP contribution in [-0.4, -0.2) is 36.6 Å². The molecule has 2 N–H and O–H groups in total. The summed E-state index contributed by atoms with van der Waals surface area (Å²) in [5.74, 6) is 1.37. The Hall–Kier alpha value is -3.09. The van der Waals surface area contributed by atoms with Gasteiger partial charge in [-0.15, -0.1) is 0 Å². The van der Waals surface area contributed by atoms with Gasteiger partial charge in [-0.05, 0) is 50.3 Å². The van der Waals surface area contributed by atoms with E-state index in [9.17, 15) is 4.79 Å². The van der Waals surface area contributed by atoms with Crippen LogP contribution in [-0.2, 0) is 0 Å². The molecule has 7 nitrogen and oxygen atoms in total. The largest absolute Gasteiger partial charge is 0.493 e. The average molecular weight is 382 g/mol. The summed E-state index contributed by atoms with van der Waals surface area (Å²) in [6.07, 6.45) is 9.57. The summed E-state index contributed by atoms with van der Waals surface area (Å²) in [6.45, 7) is 0.618. The van der Waals surface area contributed by atoms with Crippen molar-refractivity contribution in [3.63, 3.8) is 0 Å². The third-order valence-electron chi connectivity index (χ3n) is 4.64. The van der Waals surface area contributed by atoms with Gasteiger partial charge < -0.3 is 20.1 Å². The predicted molar refractivity (Wildman–Crippen MR) is 108 cm³/mol. The van der Waals surface area contributed by atoms with Crippen LogP contribution in [0, 0.1) is 0 Å². The van der Waals surface area contributed by atoms with Gasteiger partial charge in [0.1, 0.15) is 5.69 Å². The second-order valence-electron chi connectivity index (χ2n) is 6.57. The number of ether oxygens (including phenoxy) is 2. The summed E-state index contributed by atoms with van der Waals surface area (Å²) in [7, 11) is 3.16. The number of hydrogen-bond acceptors (Lipinski definition) is 6. The van der Waals surface area contributed by atoms with E-state index in [1.165, 1.54) is 18.4 Å². The van der Waals surface area contributed by atoms with Crippen molar-refractivity contribution in [2.24, 2.45) is 0 Å². The van der Waals surface area contributed by atoms with E-state index in [-0.39, 0.29) is 5.91 Å². The van der Waals surface area contributed by atoms with Crippen molar-refractivity contribution in [1.29, 1.82) is 0 Å². The number of aromatic nitrogens is 2. The van der Waals surface area contributed by atoms with Crippen molar-refractivity contribution < 1.29 is 14.3 Å². The van der Waals surface area contributed by atoms with Gasteiger partial charge in [0.2, 0.25) is 5.95 Å². The molecule has 0 atom stereocenters. The monoisotopic (exact) mass is 382 g/mol. The van der Waals surface area contributed by atoms with Crippen molar-refractivity contribution in [2.45, 2.75) is 32.1 Å². The van der Waals surface area contributed by atoms with Crippen molar-refractivity contribution in [3.8, 4) is 11.5 Å². The van der Waals surface area contributed by atoms with E-state index >= 15 is 0 Å². The molecule has 0 fully saturated rings. The molecule has 148 valence electrons. The van der Waals surface area contributed by atoms with Crippen LogP contribution in [0.15, 0.2) is 42.1 Å². The number of benzene rings is 1. The lowest BCUT2D eigenvalue weighted by molar-refractivity contribution is 0.0949. The van der Waals surface area contributed by atoms with E-state index < -0.39 is 0 Å². The summed E-state index contributed by atoms with van der Waals surface area (Å²) in [4.78, 5) is 20.9. The minimum atomic E-state index is -0.200. The van der Waals surface area contributed by atoms with Crippen molar-refractivity contribution in [2.75, 3.05) is 26.1 Å². The van der Waals surface area contributed by atoms with Crippen LogP contribution in [0.3, 0.4) is 0 Å². The Balaban J connectivity index is 1.60. The number of allylic oxidation sites excluding steroid dienone is 1. The number of anilines is 2. The predicted octanol–water partition coefficient (Wildman–Crippen LogP) is 3.86. The number of carbonyl (C=O) groups is 1. The fourth-order valence-electron chi connectivity index (χ4n) is 3.15. The SMILES string of the molecule is COc1ccc(Nc2nccc(C(=O)NCCC3=CCCCC3)n2)cc1OC. The quantitative estimate of drug-likeness (QED) is 0.675. The highest BCUT2D eigenvalue weighted by atomic mass is 16.5. The normalized spacial score (nSPS) is 13.4. The second kappa shape index (κ2) is 9.73. The third-order valence-corrected chi connectivity index (χ3v) is 4.64. The smallest absolute Gasteiger partial charge is 0.270 e. The lowest BCUT2D eigenvalue weighted by Gasteiger charge is -2.13. The summed E-state index contributed by atoms with van der Waals surface area (Å²) < 4.78 is 10.5. The highest BCUT2D eigenvalue weighted by Gasteiger charge is 2.11. The van der Waals surface area contributed by atoms with Gasteiger partial charge in [-0.1, -0.05) is 11.6 Å². The van der Waals surface area contributed by atoms with E-state index in [2.05, 4.69) is 26.7 Å². The first-order chi connectivity index (χ1) is 13.7. The van der Waals surface area contributed by atoms with E-state index in [1.807, 2.05) is 6.07 Å². The Kier molecular flexibility index (Phi) is 6.84. The number of amides is 1. The Bertz CT molecular complexity index is 851. The van der Waals surface area contributed by atoms with Crippen molar-refractivity contribution >= 4 is 17.5 Å². The Morgan fingerprint density at radius 2 is 2.00 bits per heavy atom. The summed E-state index contributed by atoms with van der Waals surface area (Å²) in [5, 5.41) is 6.02. The molecule has 3 rings (SSSR count). The zero-order valence-electron chi connectivity index (χ0n) is 16.3. The maximum Gasteiger partial charge on any atom is 0.270 e. The van der Waals surface area contributed by atoms with E-state index in [0.29, 0.717) is 29.7 Å².